The van der Waals surface area contributed by atoms with Gasteiger partial charge < -0.3 is 10.4 Å². The van der Waals surface area contributed by atoms with Crippen LogP contribution in [0.25, 0.3) is 0 Å². The topological polar surface area (TPSA) is 52.6 Å². The third-order valence-corrected chi connectivity index (χ3v) is 3.62. The molecule has 1 aliphatic heterocycles. The summed E-state index contributed by atoms with van der Waals surface area (Å²) in [6.45, 7) is 2.44. The van der Waals surface area contributed by atoms with E-state index in [-0.39, 0.29) is 12.5 Å². The van der Waals surface area contributed by atoms with Crippen LogP contribution in [0.5, 0.6) is 0 Å². The number of carbonyl (C=O) groups excluding carboxylic acids is 1. The fourth-order valence-corrected chi connectivity index (χ4v) is 2.63. The van der Waals surface area contributed by atoms with Crippen LogP contribution in [0.1, 0.15) is 12.8 Å². The maximum absolute atomic E-state index is 11.9. The van der Waals surface area contributed by atoms with Crippen molar-refractivity contribution in [3.05, 3.63) is 29.3 Å². The summed E-state index contributed by atoms with van der Waals surface area (Å²) in [4.78, 5) is 14.0. The van der Waals surface area contributed by atoms with E-state index in [0.717, 1.165) is 31.6 Å². The molecule has 0 saturated carbocycles. The lowest BCUT2D eigenvalue weighted by molar-refractivity contribution is -0.117. The number of aliphatic hydroxyl groups excluding tert-OH is 1. The third kappa shape index (κ3) is 4.49. The van der Waals surface area contributed by atoms with E-state index in [1.165, 1.54) is 0 Å². The summed E-state index contributed by atoms with van der Waals surface area (Å²) in [5.41, 5.74) is 0.726. The predicted molar refractivity (Wildman–Crippen MR) is 76.3 cm³/mol. The van der Waals surface area contributed by atoms with Gasteiger partial charge in [0.05, 0.1) is 6.54 Å². The first-order valence-electron chi connectivity index (χ1n) is 6.56. The number of halogens is 1. The Balaban J connectivity index is 1.79. The molecule has 1 heterocycles. The molecule has 5 heteroatoms. The number of likely N-dealkylation sites (tertiary alicyclic amines) is 1. The number of nitrogens with one attached hydrogen (secondary N) is 1. The minimum Gasteiger partial charge on any atom is -0.396 e. The number of amides is 1. The fourth-order valence-electron chi connectivity index (χ4n) is 2.44. The molecular formula is C14H19ClN2O2. The first kappa shape index (κ1) is 14.3. The van der Waals surface area contributed by atoms with Crippen molar-refractivity contribution in [2.24, 2.45) is 5.92 Å². The molecule has 0 spiro atoms. The van der Waals surface area contributed by atoms with Gasteiger partial charge in [-0.25, -0.2) is 0 Å². The summed E-state index contributed by atoms with van der Waals surface area (Å²) in [6, 6.07) is 7.14. The third-order valence-electron chi connectivity index (χ3n) is 3.38. The van der Waals surface area contributed by atoms with Gasteiger partial charge in [-0.3, -0.25) is 9.69 Å². The Labute approximate surface area is 118 Å². The molecule has 0 bridgehead atoms. The SMILES string of the molecule is O=C(CN1CCC(CCO)C1)Nc1cccc(Cl)c1. The molecule has 19 heavy (non-hydrogen) atoms. The molecule has 1 aliphatic rings. The molecule has 104 valence electrons. The van der Waals surface area contributed by atoms with Crippen molar-refractivity contribution < 1.29 is 9.90 Å². The van der Waals surface area contributed by atoms with Gasteiger partial charge in [0.2, 0.25) is 5.91 Å². The van der Waals surface area contributed by atoms with Gasteiger partial charge in [-0.1, -0.05) is 17.7 Å². The monoisotopic (exact) mass is 282 g/mol. The summed E-state index contributed by atoms with van der Waals surface area (Å²) in [7, 11) is 0. The highest BCUT2D eigenvalue weighted by Gasteiger charge is 2.23. The van der Waals surface area contributed by atoms with Crippen LogP contribution in [0.15, 0.2) is 24.3 Å². The number of hydrogen-bond donors (Lipinski definition) is 2. The number of hydrogen-bond acceptors (Lipinski definition) is 3. The molecule has 1 aromatic rings. The Morgan fingerprint density at radius 2 is 2.37 bits per heavy atom. The summed E-state index contributed by atoms with van der Waals surface area (Å²) in [6.07, 6.45) is 1.89. The molecule has 0 aliphatic carbocycles. The molecule has 1 atom stereocenters. The largest absolute Gasteiger partial charge is 0.396 e. The van der Waals surface area contributed by atoms with Crippen molar-refractivity contribution in [2.75, 3.05) is 31.6 Å². The van der Waals surface area contributed by atoms with Crippen LogP contribution in [-0.2, 0) is 4.79 Å². The van der Waals surface area contributed by atoms with Gasteiger partial charge >= 0.3 is 0 Å². The van der Waals surface area contributed by atoms with E-state index in [1.54, 1.807) is 12.1 Å². The standard InChI is InChI=1S/C14H19ClN2O2/c15-12-2-1-3-13(8-12)16-14(19)10-17-6-4-11(9-17)5-7-18/h1-3,8,11,18H,4-7,9-10H2,(H,16,19). The van der Waals surface area contributed by atoms with Gasteiger partial charge in [-0.2, -0.15) is 0 Å². The van der Waals surface area contributed by atoms with E-state index >= 15 is 0 Å². The van der Waals surface area contributed by atoms with E-state index < -0.39 is 0 Å². The van der Waals surface area contributed by atoms with E-state index in [4.69, 9.17) is 16.7 Å². The molecule has 1 unspecified atom stereocenters. The Bertz CT molecular complexity index is 439. The van der Waals surface area contributed by atoms with Gasteiger partial charge in [0.1, 0.15) is 0 Å². The summed E-state index contributed by atoms with van der Waals surface area (Å²) in [5.74, 6) is 0.496. The summed E-state index contributed by atoms with van der Waals surface area (Å²) >= 11 is 5.87. The van der Waals surface area contributed by atoms with Gasteiger partial charge in [0.25, 0.3) is 0 Å². The van der Waals surface area contributed by atoms with Crippen LogP contribution in [0.2, 0.25) is 5.02 Å². The van der Waals surface area contributed by atoms with Gasteiger partial charge in [0, 0.05) is 23.9 Å². The highest BCUT2D eigenvalue weighted by molar-refractivity contribution is 6.30. The van der Waals surface area contributed by atoms with Crippen molar-refractivity contribution in [3.63, 3.8) is 0 Å². The number of nitrogens with zero attached hydrogens (tertiary/aromatic N) is 1. The Morgan fingerprint density at radius 3 is 3.11 bits per heavy atom. The first-order valence-corrected chi connectivity index (χ1v) is 6.94. The van der Waals surface area contributed by atoms with E-state index in [2.05, 4.69) is 10.2 Å². The Morgan fingerprint density at radius 1 is 1.53 bits per heavy atom. The molecule has 0 aromatic heterocycles. The Hall–Kier alpha value is -1.10. The van der Waals surface area contributed by atoms with Gasteiger partial charge in [-0.15, -0.1) is 0 Å². The molecule has 2 N–H and O–H groups in total. The lowest BCUT2D eigenvalue weighted by Gasteiger charge is -2.15. The predicted octanol–water partition coefficient (Wildman–Crippen LogP) is 1.98. The zero-order chi connectivity index (χ0) is 13.7. The van der Waals surface area contributed by atoms with Crippen molar-refractivity contribution in [2.45, 2.75) is 12.8 Å². The number of aliphatic hydroxyl groups is 1. The number of benzene rings is 1. The van der Waals surface area contributed by atoms with Crippen molar-refractivity contribution in [1.29, 1.82) is 0 Å². The van der Waals surface area contributed by atoms with Crippen LogP contribution in [0.4, 0.5) is 5.69 Å². The number of carbonyl (C=O) groups is 1. The number of rotatable bonds is 5. The second kappa shape index (κ2) is 6.89. The van der Waals surface area contributed by atoms with Crippen molar-refractivity contribution in [3.8, 4) is 0 Å². The average molecular weight is 283 g/mol. The van der Waals surface area contributed by atoms with E-state index in [0.29, 0.717) is 17.5 Å². The Kier molecular flexibility index (Phi) is 5.19. The second-order valence-electron chi connectivity index (χ2n) is 4.96. The van der Waals surface area contributed by atoms with E-state index in [1.807, 2.05) is 12.1 Å². The second-order valence-corrected chi connectivity index (χ2v) is 5.40. The van der Waals surface area contributed by atoms with Gasteiger partial charge in [0.15, 0.2) is 0 Å². The van der Waals surface area contributed by atoms with Gasteiger partial charge in [-0.05, 0) is 43.5 Å². The molecule has 1 amide bonds. The average Bonchev–Trinajstić information content (AvgIpc) is 2.77. The number of anilines is 1. The van der Waals surface area contributed by atoms with Crippen LogP contribution >= 0.6 is 11.6 Å². The fraction of sp³-hybridized carbons (Fsp3) is 0.500. The van der Waals surface area contributed by atoms with E-state index in [9.17, 15) is 4.79 Å². The molecular weight excluding hydrogens is 264 g/mol. The van der Waals surface area contributed by atoms with Crippen molar-refractivity contribution in [1.82, 2.24) is 4.90 Å². The van der Waals surface area contributed by atoms with Crippen LogP contribution in [0, 0.1) is 5.92 Å². The quantitative estimate of drug-likeness (QED) is 0.868. The maximum atomic E-state index is 11.9. The first-order chi connectivity index (χ1) is 9.17. The minimum atomic E-state index is -0.0214. The van der Waals surface area contributed by atoms with Crippen molar-refractivity contribution >= 4 is 23.2 Å². The molecule has 2 rings (SSSR count). The molecule has 1 saturated heterocycles. The summed E-state index contributed by atoms with van der Waals surface area (Å²) < 4.78 is 0. The van der Waals surface area contributed by atoms with Crippen LogP contribution in [-0.4, -0.2) is 42.2 Å². The zero-order valence-electron chi connectivity index (χ0n) is 10.8. The molecule has 4 nitrogen and oxygen atoms in total. The lowest BCUT2D eigenvalue weighted by Crippen LogP contribution is -2.31. The molecule has 1 aromatic carbocycles. The van der Waals surface area contributed by atoms with Crippen LogP contribution in [0.3, 0.4) is 0 Å². The maximum Gasteiger partial charge on any atom is 0.238 e. The normalized spacial score (nSPS) is 19.6. The minimum absolute atomic E-state index is 0.0214. The summed E-state index contributed by atoms with van der Waals surface area (Å²) in [5, 5.41) is 12.4. The van der Waals surface area contributed by atoms with Crippen LogP contribution < -0.4 is 5.32 Å². The molecule has 1 fully saturated rings. The zero-order valence-corrected chi connectivity index (χ0v) is 11.6. The highest BCUT2D eigenvalue weighted by Crippen LogP contribution is 2.19. The smallest absolute Gasteiger partial charge is 0.238 e. The molecule has 0 radical (unpaired) electrons. The lowest BCUT2D eigenvalue weighted by atomic mass is 10.1. The highest BCUT2D eigenvalue weighted by atomic mass is 35.5.